The Labute approximate surface area is 172 Å². The van der Waals surface area contributed by atoms with E-state index in [-0.39, 0.29) is 6.04 Å². The lowest BCUT2D eigenvalue weighted by molar-refractivity contribution is 0.408. The molecule has 0 bridgehead atoms. The predicted molar refractivity (Wildman–Crippen MR) is 119 cm³/mol. The number of aryl methyl sites for hydroxylation is 1. The summed E-state index contributed by atoms with van der Waals surface area (Å²) in [6.45, 7) is 4.36. The molecule has 1 heterocycles. The third-order valence-corrected chi connectivity index (χ3v) is 5.37. The highest BCUT2D eigenvalue weighted by Gasteiger charge is 2.15. The zero-order valence-corrected chi connectivity index (χ0v) is 17.5. The van der Waals surface area contributed by atoms with Crippen LogP contribution in [0.25, 0.3) is 5.69 Å². The van der Waals surface area contributed by atoms with Gasteiger partial charge < -0.3 is 10.2 Å². The largest absolute Gasteiger partial charge is 0.345 e. The van der Waals surface area contributed by atoms with E-state index in [9.17, 15) is 0 Å². The van der Waals surface area contributed by atoms with Crippen molar-refractivity contribution < 1.29 is 0 Å². The second-order valence-corrected chi connectivity index (χ2v) is 7.34. The lowest BCUT2D eigenvalue weighted by Crippen LogP contribution is -2.33. The smallest absolute Gasteiger partial charge is 0.173 e. The van der Waals surface area contributed by atoms with Gasteiger partial charge in [0, 0.05) is 12.7 Å². The molecule has 0 fully saturated rings. The van der Waals surface area contributed by atoms with Gasteiger partial charge in [0.15, 0.2) is 5.11 Å². The Kier molecular flexibility index (Phi) is 6.76. The van der Waals surface area contributed by atoms with Crippen molar-refractivity contribution >= 4 is 23.0 Å². The number of thiocarbonyl (C=S) groups is 1. The number of unbranched alkanes of at least 4 members (excludes halogenated alkanes) is 1. The molecule has 0 saturated carbocycles. The molecule has 0 amide bonds. The van der Waals surface area contributed by atoms with E-state index in [2.05, 4.69) is 70.5 Å². The lowest BCUT2D eigenvalue weighted by Gasteiger charge is -2.28. The summed E-state index contributed by atoms with van der Waals surface area (Å²) in [5, 5.41) is 8.21. The highest BCUT2D eigenvalue weighted by atomic mass is 32.1. The van der Waals surface area contributed by atoms with Crippen LogP contribution in [-0.4, -0.2) is 31.8 Å². The molecule has 1 aromatic heterocycles. The van der Waals surface area contributed by atoms with E-state index in [1.807, 2.05) is 19.2 Å². The molecule has 3 aromatic rings. The summed E-state index contributed by atoms with van der Waals surface area (Å²) in [5.41, 5.74) is 4.56. The lowest BCUT2D eigenvalue weighted by atomic mass is 10.1. The Balaban J connectivity index is 1.60. The average molecular weight is 394 g/mol. The Morgan fingerprint density at radius 2 is 1.86 bits per heavy atom. The quantitative estimate of drug-likeness (QED) is 0.572. The molecule has 0 radical (unpaired) electrons. The first kappa shape index (κ1) is 20.0. The molecule has 1 atom stereocenters. The van der Waals surface area contributed by atoms with Crippen molar-refractivity contribution in [2.45, 2.75) is 39.2 Å². The molecule has 1 N–H and O–H groups in total. The van der Waals surface area contributed by atoms with Gasteiger partial charge >= 0.3 is 0 Å². The average Bonchev–Trinajstić information content (AvgIpc) is 3.27. The van der Waals surface area contributed by atoms with Gasteiger partial charge in [-0.3, -0.25) is 0 Å². The van der Waals surface area contributed by atoms with E-state index < -0.39 is 0 Å². The van der Waals surface area contributed by atoms with Crippen LogP contribution in [0, 0.1) is 0 Å². The highest BCUT2D eigenvalue weighted by molar-refractivity contribution is 7.80. The van der Waals surface area contributed by atoms with E-state index >= 15 is 0 Å². The Hall–Kier alpha value is -2.73. The molecule has 0 unspecified atom stereocenters. The third kappa shape index (κ3) is 4.95. The van der Waals surface area contributed by atoms with Gasteiger partial charge in [0.25, 0.3) is 0 Å². The molecular formula is C22H27N5S. The molecule has 146 valence electrons. The van der Waals surface area contributed by atoms with Crippen molar-refractivity contribution in [3.8, 4) is 5.69 Å². The SMILES string of the molecule is CCCCc1ccc(NC(=S)N(C)[C@@H](C)c2ccc(-n3cncn3)cc2)cc1. The van der Waals surface area contributed by atoms with Crippen LogP contribution in [0.5, 0.6) is 0 Å². The Morgan fingerprint density at radius 3 is 2.46 bits per heavy atom. The van der Waals surface area contributed by atoms with Crippen LogP contribution in [-0.2, 0) is 6.42 Å². The van der Waals surface area contributed by atoms with Crippen molar-refractivity contribution in [2.24, 2.45) is 0 Å². The number of hydrogen-bond donors (Lipinski definition) is 1. The summed E-state index contributed by atoms with van der Waals surface area (Å²) in [4.78, 5) is 6.06. The fourth-order valence-electron chi connectivity index (χ4n) is 2.99. The maximum absolute atomic E-state index is 5.62. The summed E-state index contributed by atoms with van der Waals surface area (Å²) in [5.74, 6) is 0. The number of nitrogens with one attached hydrogen (secondary N) is 1. The minimum atomic E-state index is 0.147. The van der Waals surface area contributed by atoms with Crippen LogP contribution in [0.3, 0.4) is 0 Å². The van der Waals surface area contributed by atoms with Gasteiger partial charge in [-0.1, -0.05) is 37.6 Å². The minimum Gasteiger partial charge on any atom is -0.345 e. The number of aromatic nitrogens is 3. The van der Waals surface area contributed by atoms with Crippen LogP contribution in [0.15, 0.2) is 61.2 Å². The first-order chi connectivity index (χ1) is 13.6. The van der Waals surface area contributed by atoms with Gasteiger partial charge in [0.1, 0.15) is 12.7 Å². The van der Waals surface area contributed by atoms with Gasteiger partial charge in [-0.2, -0.15) is 5.10 Å². The molecule has 0 aliphatic carbocycles. The molecule has 5 nitrogen and oxygen atoms in total. The molecule has 2 aromatic carbocycles. The number of nitrogens with zero attached hydrogens (tertiary/aromatic N) is 4. The standard InChI is InChI=1S/C22H27N5S/c1-4-5-6-18-7-11-20(12-8-18)25-22(28)26(3)17(2)19-9-13-21(14-10-19)27-16-23-15-24-27/h7-17H,4-6H2,1-3H3,(H,25,28)/t17-/m0/s1. The molecule has 0 spiro atoms. The fraction of sp³-hybridized carbons (Fsp3) is 0.318. The van der Waals surface area contributed by atoms with Crippen molar-refractivity contribution in [2.75, 3.05) is 12.4 Å². The summed E-state index contributed by atoms with van der Waals surface area (Å²) in [6.07, 6.45) is 6.79. The van der Waals surface area contributed by atoms with Crippen molar-refractivity contribution in [3.05, 3.63) is 72.3 Å². The number of rotatable bonds is 7. The molecule has 0 aliphatic heterocycles. The Morgan fingerprint density at radius 1 is 1.14 bits per heavy atom. The van der Waals surface area contributed by atoms with Crippen molar-refractivity contribution in [1.29, 1.82) is 0 Å². The molecule has 3 rings (SSSR count). The van der Waals surface area contributed by atoms with Crippen LogP contribution in [0.1, 0.15) is 43.9 Å². The van der Waals surface area contributed by atoms with E-state index in [1.54, 1.807) is 11.0 Å². The molecule has 28 heavy (non-hydrogen) atoms. The van der Waals surface area contributed by atoms with Crippen LogP contribution >= 0.6 is 12.2 Å². The first-order valence-electron chi connectivity index (χ1n) is 9.66. The number of anilines is 1. The topological polar surface area (TPSA) is 46.0 Å². The zero-order valence-electron chi connectivity index (χ0n) is 16.7. The van der Waals surface area contributed by atoms with E-state index in [1.165, 1.54) is 30.3 Å². The van der Waals surface area contributed by atoms with Gasteiger partial charge in [0.05, 0.1) is 11.7 Å². The second-order valence-electron chi connectivity index (χ2n) is 6.95. The van der Waals surface area contributed by atoms with Gasteiger partial charge in [-0.25, -0.2) is 9.67 Å². The second kappa shape index (κ2) is 9.46. The highest BCUT2D eigenvalue weighted by Crippen LogP contribution is 2.21. The van der Waals surface area contributed by atoms with Gasteiger partial charge in [-0.15, -0.1) is 0 Å². The maximum Gasteiger partial charge on any atom is 0.173 e. The van der Waals surface area contributed by atoms with Gasteiger partial charge in [0.2, 0.25) is 0 Å². The molecule has 0 saturated heterocycles. The maximum atomic E-state index is 5.62. The number of hydrogen-bond acceptors (Lipinski definition) is 3. The van der Waals surface area contributed by atoms with E-state index in [4.69, 9.17) is 12.2 Å². The summed E-state index contributed by atoms with van der Waals surface area (Å²) in [6, 6.07) is 17.0. The first-order valence-corrected chi connectivity index (χ1v) is 10.1. The summed E-state index contributed by atoms with van der Waals surface area (Å²) >= 11 is 5.62. The monoisotopic (exact) mass is 393 g/mol. The minimum absolute atomic E-state index is 0.147. The van der Waals surface area contributed by atoms with Crippen LogP contribution < -0.4 is 5.32 Å². The fourth-order valence-corrected chi connectivity index (χ4v) is 3.27. The summed E-state index contributed by atoms with van der Waals surface area (Å²) < 4.78 is 1.74. The Bertz CT molecular complexity index is 872. The summed E-state index contributed by atoms with van der Waals surface area (Å²) in [7, 11) is 2.01. The number of benzene rings is 2. The predicted octanol–water partition coefficient (Wildman–Crippen LogP) is 5.00. The normalized spacial score (nSPS) is 11.8. The van der Waals surface area contributed by atoms with Crippen molar-refractivity contribution in [1.82, 2.24) is 19.7 Å². The third-order valence-electron chi connectivity index (χ3n) is 4.98. The van der Waals surface area contributed by atoms with Crippen LogP contribution in [0.4, 0.5) is 5.69 Å². The zero-order chi connectivity index (χ0) is 19.9. The molecule has 6 heteroatoms. The molecule has 0 aliphatic rings. The van der Waals surface area contributed by atoms with Crippen LogP contribution in [0.2, 0.25) is 0 Å². The van der Waals surface area contributed by atoms with E-state index in [0.717, 1.165) is 17.8 Å². The van der Waals surface area contributed by atoms with Gasteiger partial charge in [-0.05, 0) is 67.4 Å². The van der Waals surface area contributed by atoms with Crippen molar-refractivity contribution in [3.63, 3.8) is 0 Å². The molecular weight excluding hydrogens is 366 g/mol. The van der Waals surface area contributed by atoms with E-state index in [0.29, 0.717) is 5.11 Å².